The summed E-state index contributed by atoms with van der Waals surface area (Å²) in [5.74, 6) is -0.675. The van der Waals surface area contributed by atoms with Crippen LogP contribution in [-0.2, 0) is 22.4 Å². The van der Waals surface area contributed by atoms with Crippen LogP contribution in [0.2, 0.25) is 0 Å². The summed E-state index contributed by atoms with van der Waals surface area (Å²) in [6.07, 6.45) is 3.91. The van der Waals surface area contributed by atoms with Crippen LogP contribution in [0.15, 0.2) is 30.3 Å². The van der Waals surface area contributed by atoms with Crippen molar-refractivity contribution in [2.75, 3.05) is 6.61 Å². The zero-order valence-electron chi connectivity index (χ0n) is 14.6. The van der Waals surface area contributed by atoms with Crippen molar-refractivity contribution in [3.63, 3.8) is 0 Å². The molecule has 0 spiro atoms. The molecule has 0 saturated heterocycles. The maximum absolute atomic E-state index is 12.2. The van der Waals surface area contributed by atoms with E-state index in [0.29, 0.717) is 4.88 Å². The van der Waals surface area contributed by atoms with Crippen molar-refractivity contribution in [2.24, 2.45) is 0 Å². The van der Waals surface area contributed by atoms with Gasteiger partial charge in [-0.2, -0.15) is 0 Å². The maximum atomic E-state index is 12.2. The molecule has 25 heavy (non-hydrogen) atoms. The Morgan fingerprint density at radius 2 is 2.12 bits per heavy atom. The van der Waals surface area contributed by atoms with Crippen LogP contribution < -0.4 is 5.32 Å². The number of carbonyl (C=O) groups is 2. The molecular weight excluding hydrogens is 334 g/mol. The number of hydrogen-bond donors (Lipinski definition) is 1. The van der Waals surface area contributed by atoms with Crippen molar-refractivity contribution >= 4 is 23.2 Å². The van der Waals surface area contributed by atoms with Gasteiger partial charge in [0.1, 0.15) is 4.88 Å². The molecule has 4 nitrogen and oxygen atoms in total. The predicted molar refractivity (Wildman–Crippen MR) is 99.0 cm³/mol. The summed E-state index contributed by atoms with van der Waals surface area (Å²) < 4.78 is 5.19. The van der Waals surface area contributed by atoms with Crippen LogP contribution in [0.1, 0.15) is 57.0 Å². The number of aryl methyl sites for hydroxylation is 3. The van der Waals surface area contributed by atoms with Crippen molar-refractivity contribution in [1.82, 2.24) is 5.32 Å². The van der Waals surface area contributed by atoms with Gasteiger partial charge in [0.15, 0.2) is 6.61 Å². The van der Waals surface area contributed by atoms with Gasteiger partial charge in [0.05, 0.1) is 6.04 Å². The third-order valence-electron chi connectivity index (χ3n) is 4.58. The average molecular weight is 357 g/mol. The lowest BCUT2D eigenvalue weighted by Crippen LogP contribution is -2.34. The van der Waals surface area contributed by atoms with E-state index in [9.17, 15) is 9.59 Å². The van der Waals surface area contributed by atoms with Crippen molar-refractivity contribution in [1.29, 1.82) is 0 Å². The number of rotatable bonds is 5. The third kappa shape index (κ3) is 4.10. The van der Waals surface area contributed by atoms with Crippen molar-refractivity contribution in [2.45, 2.75) is 45.6 Å². The number of benzene rings is 1. The van der Waals surface area contributed by atoms with Gasteiger partial charge in [0.25, 0.3) is 5.91 Å². The van der Waals surface area contributed by atoms with Gasteiger partial charge in [-0.25, -0.2) is 4.79 Å². The number of fused-ring (bicyclic) bond motifs is 1. The standard InChI is InChI=1S/C20H23NO3S/c1-3-17-13(2)11-18(25-17)20(23)24-12-19(22)21-16-10-6-8-14-7-4-5-9-15(14)16/h4-5,7,9,11,16H,3,6,8,10,12H2,1-2H3,(H,21,22)/t16-/m0/s1. The first-order chi connectivity index (χ1) is 12.1. The predicted octanol–water partition coefficient (Wildman–Crippen LogP) is 3.97. The highest BCUT2D eigenvalue weighted by atomic mass is 32.1. The van der Waals surface area contributed by atoms with Crippen LogP contribution in [-0.4, -0.2) is 18.5 Å². The molecule has 0 fully saturated rings. The van der Waals surface area contributed by atoms with E-state index in [4.69, 9.17) is 4.74 Å². The summed E-state index contributed by atoms with van der Waals surface area (Å²) in [5.41, 5.74) is 3.56. The molecule has 1 N–H and O–H groups in total. The maximum Gasteiger partial charge on any atom is 0.348 e. The molecule has 1 atom stereocenters. The van der Waals surface area contributed by atoms with E-state index >= 15 is 0 Å². The molecule has 1 amide bonds. The number of carbonyl (C=O) groups excluding carboxylic acids is 2. The molecule has 0 radical (unpaired) electrons. The zero-order valence-corrected chi connectivity index (χ0v) is 15.4. The minimum absolute atomic E-state index is 0.00632. The zero-order chi connectivity index (χ0) is 17.8. The smallest absolute Gasteiger partial charge is 0.348 e. The van der Waals surface area contributed by atoms with Crippen molar-refractivity contribution in [3.8, 4) is 0 Å². The van der Waals surface area contributed by atoms with Crippen LogP contribution in [0.3, 0.4) is 0 Å². The second kappa shape index (κ2) is 7.83. The molecule has 1 heterocycles. The summed E-state index contributed by atoms with van der Waals surface area (Å²) in [5, 5.41) is 3.00. The molecule has 1 aromatic carbocycles. The lowest BCUT2D eigenvalue weighted by Gasteiger charge is -2.26. The molecule has 1 aliphatic carbocycles. The number of thiophene rings is 1. The highest BCUT2D eigenvalue weighted by Gasteiger charge is 2.22. The summed E-state index contributed by atoms with van der Waals surface area (Å²) >= 11 is 1.44. The Hall–Kier alpha value is -2.14. The molecular formula is C20H23NO3S. The molecule has 3 rings (SSSR count). The van der Waals surface area contributed by atoms with Crippen LogP contribution in [0.4, 0.5) is 0 Å². The second-order valence-corrected chi connectivity index (χ2v) is 7.49. The van der Waals surface area contributed by atoms with E-state index in [0.717, 1.165) is 31.2 Å². The summed E-state index contributed by atoms with van der Waals surface area (Å²) in [7, 11) is 0. The van der Waals surface area contributed by atoms with Gasteiger partial charge >= 0.3 is 5.97 Å². The lowest BCUT2D eigenvalue weighted by molar-refractivity contribution is -0.125. The molecule has 0 unspecified atom stereocenters. The summed E-state index contributed by atoms with van der Waals surface area (Å²) in [6, 6.07) is 10.0. The van der Waals surface area contributed by atoms with E-state index in [-0.39, 0.29) is 18.6 Å². The summed E-state index contributed by atoms with van der Waals surface area (Å²) in [4.78, 5) is 26.1. The fourth-order valence-electron chi connectivity index (χ4n) is 3.31. The molecule has 5 heteroatoms. The number of ether oxygens (including phenoxy) is 1. The highest BCUT2D eigenvalue weighted by Crippen LogP contribution is 2.29. The Morgan fingerprint density at radius 3 is 2.88 bits per heavy atom. The normalized spacial score (nSPS) is 16.2. The number of hydrogen-bond acceptors (Lipinski definition) is 4. The van der Waals surface area contributed by atoms with Gasteiger partial charge in [-0.1, -0.05) is 31.2 Å². The monoisotopic (exact) mass is 357 g/mol. The third-order valence-corrected chi connectivity index (χ3v) is 5.94. The van der Waals surface area contributed by atoms with E-state index in [2.05, 4.69) is 24.4 Å². The van der Waals surface area contributed by atoms with E-state index in [1.807, 2.05) is 25.1 Å². The van der Waals surface area contributed by atoms with Crippen LogP contribution in [0, 0.1) is 6.92 Å². The molecule has 1 aromatic heterocycles. The largest absolute Gasteiger partial charge is 0.451 e. The second-order valence-electron chi connectivity index (χ2n) is 6.36. The lowest BCUT2D eigenvalue weighted by atomic mass is 9.88. The number of nitrogens with one attached hydrogen (secondary N) is 1. The van der Waals surface area contributed by atoms with E-state index in [1.54, 1.807) is 0 Å². The molecule has 1 aliphatic rings. The summed E-state index contributed by atoms with van der Waals surface area (Å²) in [6.45, 7) is 3.80. The molecule has 0 saturated carbocycles. The van der Waals surface area contributed by atoms with Gasteiger partial charge in [-0.3, -0.25) is 4.79 Å². The Balaban J connectivity index is 1.56. The van der Waals surface area contributed by atoms with Gasteiger partial charge in [0.2, 0.25) is 0 Å². The van der Waals surface area contributed by atoms with Gasteiger partial charge < -0.3 is 10.1 Å². The minimum Gasteiger partial charge on any atom is -0.451 e. The highest BCUT2D eigenvalue weighted by molar-refractivity contribution is 7.14. The first kappa shape index (κ1) is 17.7. The number of esters is 1. The molecule has 132 valence electrons. The van der Waals surface area contributed by atoms with Crippen LogP contribution >= 0.6 is 11.3 Å². The van der Waals surface area contributed by atoms with Crippen LogP contribution in [0.25, 0.3) is 0 Å². The Kier molecular flexibility index (Phi) is 5.53. The Morgan fingerprint density at radius 1 is 1.32 bits per heavy atom. The first-order valence-electron chi connectivity index (χ1n) is 8.72. The first-order valence-corrected chi connectivity index (χ1v) is 9.53. The Labute approximate surface area is 152 Å². The van der Waals surface area contributed by atoms with Gasteiger partial charge in [-0.05, 0) is 55.4 Å². The molecule has 0 bridgehead atoms. The number of amides is 1. The SMILES string of the molecule is CCc1sc(C(=O)OCC(=O)N[C@H]2CCCc3ccccc32)cc1C. The fraction of sp³-hybridized carbons (Fsp3) is 0.400. The average Bonchev–Trinajstić information content (AvgIpc) is 3.01. The van der Waals surface area contributed by atoms with Crippen molar-refractivity contribution in [3.05, 3.63) is 56.8 Å². The Bertz CT molecular complexity index is 781. The van der Waals surface area contributed by atoms with Crippen molar-refractivity contribution < 1.29 is 14.3 Å². The van der Waals surface area contributed by atoms with Gasteiger partial charge in [-0.15, -0.1) is 11.3 Å². The minimum atomic E-state index is -0.424. The quantitative estimate of drug-likeness (QED) is 0.824. The van der Waals surface area contributed by atoms with E-state index < -0.39 is 5.97 Å². The van der Waals surface area contributed by atoms with Gasteiger partial charge in [0, 0.05) is 4.88 Å². The molecule has 2 aromatic rings. The topological polar surface area (TPSA) is 55.4 Å². The van der Waals surface area contributed by atoms with E-state index in [1.165, 1.54) is 27.3 Å². The van der Waals surface area contributed by atoms with Crippen LogP contribution in [0.5, 0.6) is 0 Å². The molecule has 0 aliphatic heterocycles. The fourth-order valence-corrected chi connectivity index (χ4v) is 4.32.